The molecule has 2 nitrogen and oxygen atoms in total. The van der Waals surface area contributed by atoms with E-state index in [0.717, 1.165) is 12.1 Å². The van der Waals surface area contributed by atoms with Crippen LogP contribution in [0.3, 0.4) is 0 Å². The summed E-state index contributed by atoms with van der Waals surface area (Å²) in [4.78, 5) is 0. The molecular weight excluding hydrogens is 372 g/mol. The van der Waals surface area contributed by atoms with Crippen LogP contribution in [0.15, 0.2) is 24.5 Å². The second kappa shape index (κ2) is 17.9. The van der Waals surface area contributed by atoms with Crippen LogP contribution in [0, 0.1) is 11.3 Å². The largest absolute Gasteiger partial charge is 1.00 e. The summed E-state index contributed by atoms with van der Waals surface area (Å²) in [5.74, 6) is 0. The fourth-order valence-corrected chi connectivity index (χ4v) is 3.22. The molecule has 1 rings (SSSR count). The van der Waals surface area contributed by atoms with Crippen LogP contribution in [-0.4, -0.2) is 0 Å². The van der Waals surface area contributed by atoms with Crippen molar-refractivity contribution in [1.29, 1.82) is 5.26 Å². The average Bonchev–Trinajstić information content (AvgIpc) is 2.62. The number of hydrogen-bond donors (Lipinski definition) is 0. The second-order valence-corrected chi connectivity index (χ2v) is 7.04. The highest BCUT2D eigenvalue weighted by Crippen LogP contribution is 2.12. The summed E-state index contributed by atoms with van der Waals surface area (Å²) in [7, 11) is 0. The molecule has 0 aliphatic rings. The molecule has 0 saturated carbocycles. The van der Waals surface area contributed by atoms with Gasteiger partial charge in [0.15, 0.2) is 12.4 Å². The Hall–Kier alpha value is -0.880. The fourth-order valence-electron chi connectivity index (χ4n) is 3.22. The first-order valence-corrected chi connectivity index (χ1v) is 10.3. The standard InChI is InChI=1S/C22H37N2.BrH/c1-2-3-4-5-6-7-8-9-10-11-12-13-14-15-18-24-19-16-17-22(20-23)21-24;/h16-17,19,21H,2-15,18H2,1H3;1H/q+1;/p-1. The zero-order valence-electron chi connectivity index (χ0n) is 16.2. The minimum Gasteiger partial charge on any atom is -1.00 e. The van der Waals surface area contributed by atoms with E-state index in [1.807, 2.05) is 18.3 Å². The number of pyridine rings is 1. The van der Waals surface area contributed by atoms with E-state index in [1.54, 1.807) is 0 Å². The maximum atomic E-state index is 8.89. The van der Waals surface area contributed by atoms with E-state index in [0.29, 0.717) is 0 Å². The lowest BCUT2D eigenvalue weighted by Crippen LogP contribution is -3.00. The van der Waals surface area contributed by atoms with Crippen molar-refractivity contribution in [3.8, 4) is 6.07 Å². The molecule has 1 aromatic heterocycles. The molecule has 25 heavy (non-hydrogen) atoms. The lowest BCUT2D eigenvalue weighted by molar-refractivity contribution is -0.697. The van der Waals surface area contributed by atoms with Gasteiger partial charge in [0.2, 0.25) is 0 Å². The van der Waals surface area contributed by atoms with Crippen molar-refractivity contribution in [3.63, 3.8) is 0 Å². The van der Waals surface area contributed by atoms with Crippen molar-refractivity contribution in [3.05, 3.63) is 30.1 Å². The number of nitriles is 1. The van der Waals surface area contributed by atoms with Crippen LogP contribution >= 0.6 is 0 Å². The topological polar surface area (TPSA) is 27.7 Å². The van der Waals surface area contributed by atoms with Gasteiger partial charge in [-0.2, -0.15) is 5.26 Å². The van der Waals surface area contributed by atoms with Gasteiger partial charge in [-0.25, -0.2) is 4.57 Å². The summed E-state index contributed by atoms with van der Waals surface area (Å²) >= 11 is 0. The van der Waals surface area contributed by atoms with Crippen LogP contribution < -0.4 is 21.5 Å². The number of nitrogens with zero attached hydrogens (tertiary/aromatic N) is 2. The number of aromatic nitrogens is 1. The summed E-state index contributed by atoms with van der Waals surface area (Å²) in [6.45, 7) is 3.32. The SMILES string of the molecule is CCCCCCCCCCCCCCCC[n+]1cccc(C#N)c1.[Br-]. The van der Waals surface area contributed by atoms with Crippen molar-refractivity contribution in [2.45, 2.75) is 103 Å². The van der Waals surface area contributed by atoms with E-state index < -0.39 is 0 Å². The van der Waals surface area contributed by atoms with E-state index in [-0.39, 0.29) is 17.0 Å². The number of unbranched alkanes of at least 4 members (excludes halogenated alkanes) is 13. The van der Waals surface area contributed by atoms with Crippen molar-refractivity contribution in [1.82, 2.24) is 0 Å². The normalized spacial score (nSPS) is 10.2. The Morgan fingerprint density at radius 1 is 0.800 bits per heavy atom. The highest BCUT2D eigenvalue weighted by atomic mass is 79.9. The molecule has 0 N–H and O–H groups in total. The van der Waals surface area contributed by atoms with Crippen LogP contribution in [0.25, 0.3) is 0 Å². The molecule has 0 atom stereocenters. The van der Waals surface area contributed by atoms with Crippen molar-refractivity contribution in [2.75, 3.05) is 0 Å². The molecule has 0 spiro atoms. The first-order valence-electron chi connectivity index (χ1n) is 10.3. The Bertz CT molecular complexity index is 454. The fraction of sp³-hybridized carbons (Fsp3) is 0.727. The molecule has 0 aromatic carbocycles. The average molecular weight is 409 g/mol. The van der Waals surface area contributed by atoms with Crippen LogP contribution in [0.2, 0.25) is 0 Å². The van der Waals surface area contributed by atoms with E-state index in [2.05, 4.69) is 23.8 Å². The molecule has 0 bridgehead atoms. The van der Waals surface area contributed by atoms with Crippen LogP contribution in [0.1, 0.15) is 102 Å². The van der Waals surface area contributed by atoms with Gasteiger partial charge >= 0.3 is 0 Å². The minimum atomic E-state index is 0. The Balaban J connectivity index is 0.00000576. The van der Waals surface area contributed by atoms with Crippen LogP contribution in [0.5, 0.6) is 0 Å². The summed E-state index contributed by atoms with van der Waals surface area (Å²) < 4.78 is 2.14. The van der Waals surface area contributed by atoms with Crippen molar-refractivity contribution >= 4 is 0 Å². The van der Waals surface area contributed by atoms with Crippen LogP contribution in [-0.2, 0) is 6.54 Å². The highest BCUT2D eigenvalue weighted by molar-refractivity contribution is 5.21. The highest BCUT2D eigenvalue weighted by Gasteiger charge is 2.01. The number of hydrogen-bond acceptors (Lipinski definition) is 1. The Labute approximate surface area is 166 Å². The van der Waals surface area contributed by atoms with E-state index in [9.17, 15) is 0 Å². The summed E-state index contributed by atoms with van der Waals surface area (Å²) in [6.07, 6.45) is 23.5. The first kappa shape index (κ1) is 24.1. The molecule has 0 radical (unpaired) electrons. The van der Waals surface area contributed by atoms with Crippen molar-refractivity contribution < 1.29 is 21.5 Å². The molecule has 0 saturated heterocycles. The summed E-state index contributed by atoms with van der Waals surface area (Å²) in [5.41, 5.74) is 0.753. The van der Waals surface area contributed by atoms with E-state index >= 15 is 0 Å². The smallest absolute Gasteiger partial charge is 0.186 e. The third-order valence-corrected chi connectivity index (χ3v) is 4.76. The van der Waals surface area contributed by atoms with Crippen LogP contribution in [0.4, 0.5) is 0 Å². The number of halogens is 1. The molecule has 0 aliphatic heterocycles. The molecule has 3 heteroatoms. The van der Waals surface area contributed by atoms with Gasteiger partial charge in [0, 0.05) is 12.5 Å². The molecule has 142 valence electrons. The van der Waals surface area contributed by atoms with Gasteiger partial charge in [0.05, 0.1) is 0 Å². The Kier molecular flexibility index (Phi) is 17.3. The van der Waals surface area contributed by atoms with Gasteiger partial charge in [-0.3, -0.25) is 0 Å². The van der Waals surface area contributed by atoms with Gasteiger partial charge in [-0.05, 0) is 12.5 Å². The lowest BCUT2D eigenvalue weighted by Gasteiger charge is -2.03. The first-order chi connectivity index (χ1) is 11.9. The zero-order chi connectivity index (χ0) is 17.3. The molecule has 1 heterocycles. The maximum absolute atomic E-state index is 8.89. The predicted octanol–water partition coefficient (Wildman–Crippen LogP) is 3.33. The van der Waals surface area contributed by atoms with E-state index in [1.165, 1.54) is 89.9 Å². The van der Waals surface area contributed by atoms with E-state index in [4.69, 9.17) is 5.26 Å². The molecule has 0 unspecified atom stereocenters. The zero-order valence-corrected chi connectivity index (χ0v) is 17.8. The molecule has 0 aliphatic carbocycles. The van der Waals surface area contributed by atoms with Gasteiger partial charge in [-0.15, -0.1) is 0 Å². The Morgan fingerprint density at radius 3 is 1.76 bits per heavy atom. The van der Waals surface area contributed by atoms with Gasteiger partial charge in [0.1, 0.15) is 18.2 Å². The maximum Gasteiger partial charge on any atom is 0.186 e. The van der Waals surface area contributed by atoms with Crippen molar-refractivity contribution in [2.24, 2.45) is 0 Å². The summed E-state index contributed by atoms with van der Waals surface area (Å²) in [6, 6.07) is 6.02. The summed E-state index contributed by atoms with van der Waals surface area (Å²) in [5, 5.41) is 8.89. The molecular formula is C22H37BrN2. The monoisotopic (exact) mass is 408 g/mol. The quantitative estimate of drug-likeness (QED) is 0.323. The minimum absolute atomic E-state index is 0. The molecule has 0 amide bonds. The Morgan fingerprint density at radius 2 is 1.28 bits per heavy atom. The predicted molar refractivity (Wildman–Crippen MR) is 102 cm³/mol. The van der Waals surface area contributed by atoms with Gasteiger partial charge < -0.3 is 17.0 Å². The van der Waals surface area contributed by atoms with Gasteiger partial charge in [0.25, 0.3) is 0 Å². The third-order valence-electron chi connectivity index (χ3n) is 4.76. The molecule has 0 fully saturated rings. The number of rotatable bonds is 15. The lowest BCUT2D eigenvalue weighted by atomic mass is 10.0. The molecule has 1 aromatic rings. The van der Waals surface area contributed by atoms with Gasteiger partial charge in [-0.1, -0.05) is 84.0 Å². The third kappa shape index (κ3) is 14.0. The number of aryl methyl sites for hydroxylation is 1. The second-order valence-electron chi connectivity index (χ2n) is 7.04.